The minimum absolute atomic E-state index is 0.341. The summed E-state index contributed by atoms with van der Waals surface area (Å²) in [7, 11) is -3.32. The van der Waals surface area contributed by atoms with Crippen LogP contribution < -0.4 is 10.0 Å². The molecule has 0 atom stereocenters. The van der Waals surface area contributed by atoms with Gasteiger partial charge in [0.1, 0.15) is 0 Å². The summed E-state index contributed by atoms with van der Waals surface area (Å²) in [5.74, 6) is 0. The summed E-state index contributed by atoms with van der Waals surface area (Å²) in [6, 6.07) is 5.04. The first-order valence-electron chi connectivity index (χ1n) is 5.32. The van der Waals surface area contributed by atoms with Gasteiger partial charge >= 0.3 is 0 Å². The number of rotatable bonds is 5. The van der Waals surface area contributed by atoms with Gasteiger partial charge in [-0.15, -0.1) is 11.3 Å². The highest BCUT2D eigenvalue weighted by Crippen LogP contribution is 2.26. The topological polar surface area (TPSA) is 71.1 Å². The van der Waals surface area contributed by atoms with E-state index < -0.39 is 10.0 Å². The lowest BCUT2D eigenvalue weighted by molar-refractivity contribution is 0.607. The number of hydrogen-bond acceptors (Lipinski definition) is 5. The molecule has 0 saturated carbocycles. The first-order valence-corrected chi connectivity index (χ1v) is 8.53. The number of benzene rings is 1. The van der Waals surface area contributed by atoms with Crippen molar-refractivity contribution in [3.05, 3.63) is 39.8 Å². The van der Waals surface area contributed by atoms with Gasteiger partial charge in [-0.05, 0) is 18.2 Å². The molecule has 2 N–H and O–H groups in total. The molecule has 8 heteroatoms. The van der Waals surface area contributed by atoms with E-state index in [9.17, 15) is 8.42 Å². The quantitative estimate of drug-likeness (QED) is 0.889. The molecule has 0 saturated heterocycles. The summed E-state index contributed by atoms with van der Waals surface area (Å²) in [6.07, 6.45) is 1.08. The third-order valence-electron chi connectivity index (χ3n) is 2.22. The zero-order valence-corrected chi connectivity index (χ0v) is 12.4. The molecule has 0 bridgehead atoms. The second kappa shape index (κ2) is 5.77. The van der Waals surface area contributed by atoms with Gasteiger partial charge < -0.3 is 5.32 Å². The fourth-order valence-corrected chi connectivity index (χ4v) is 2.84. The Balaban J connectivity index is 2.06. The lowest BCUT2D eigenvalue weighted by atomic mass is 10.3. The SMILES string of the molecule is CS(=O)(=O)Nc1ccc(NCc2cscn2)cc1Cl. The van der Waals surface area contributed by atoms with Crippen molar-refractivity contribution in [1.82, 2.24) is 4.98 Å². The number of sulfonamides is 1. The fourth-order valence-electron chi connectivity index (χ4n) is 1.43. The van der Waals surface area contributed by atoms with Crippen molar-refractivity contribution in [1.29, 1.82) is 0 Å². The van der Waals surface area contributed by atoms with Crippen LogP contribution in [0.1, 0.15) is 5.69 Å². The third-order valence-corrected chi connectivity index (χ3v) is 3.76. The maximum atomic E-state index is 11.1. The molecule has 1 heterocycles. The highest BCUT2D eigenvalue weighted by molar-refractivity contribution is 7.92. The minimum Gasteiger partial charge on any atom is -0.379 e. The van der Waals surface area contributed by atoms with Crippen LogP contribution in [-0.2, 0) is 16.6 Å². The molecule has 0 aliphatic heterocycles. The maximum Gasteiger partial charge on any atom is 0.229 e. The second-order valence-electron chi connectivity index (χ2n) is 3.90. The summed E-state index contributed by atoms with van der Waals surface area (Å²) in [5.41, 5.74) is 3.88. The third kappa shape index (κ3) is 4.38. The molecule has 0 aliphatic rings. The Bertz CT molecular complexity index is 657. The van der Waals surface area contributed by atoms with Crippen molar-refractivity contribution in [3.8, 4) is 0 Å². The average Bonchev–Trinajstić information content (AvgIpc) is 2.81. The highest BCUT2D eigenvalue weighted by Gasteiger charge is 2.07. The largest absolute Gasteiger partial charge is 0.379 e. The van der Waals surface area contributed by atoms with Crippen LogP contribution in [0.15, 0.2) is 29.1 Å². The van der Waals surface area contributed by atoms with E-state index in [4.69, 9.17) is 11.6 Å². The molecule has 0 fully saturated rings. The predicted octanol–water partition coefficient (Wildman–Crippen LogP) is 2.78. The van der Waals surface area contributed by atoms with Crippen LogP contribution in [0, 0.1) is 0 Å². The van der Waals surface area contributed by atoms with E-state index in [1.165, 1.54) is 11.3 Å². The Morgan fingerprint density at radius 2 is 2.21 bits per heavy atom. The number of aromatic nitrogens is 1. The Morgan fingerprint density at radius 1 is 1.42 bits per heavy atom. The fraction of sp³-hybridized carbons (Fsp3) is 0.182. The predicted molar refractivity (Wildman–Crippen MR) is 79.4 cm³/mol. The molecule has 1 aromatic heterocycles. The van der Waals surface area contributed by atoms with E-state index in [0.29, 0.717) is 17.3 Å². The zero-order chi connectivity index (χ0) is 13.9. The van der Waals surface area contributed by atoms with Gasteiger partial charge in [-0.25, -0.2) is 13.4 Å². The van der Waals surface area contributed by atoms with E-state index in [1.54, 1.807) is 23.7 Å². The highest BCUT2D eigenvalue weighted by atomic mass is 35.5. The van der Waals surface area contributed by atoms with Crippen molar-refractivity contribution in [2.24, 2.45) is 0 Å². The van der Waals surface area contributed by atoms with E-state index in [1.807, 2.05) is 5.38 Å². The lowest BCUT2D eigenvalue weighted by Gasteiger charge is -2.09. The maximum absolute atomic E-state index is 11.1. The number of nitrogens with one attached hydrogen (secondary N) is 2. The molecule has 19 heavy (non-hydrogen) atoms. The lowest BCUT2D eigenvalue weighted by Crippen LogP contribution is -2.10. The van der Waals surface area contributed by atoms with Crippen molar-refractivity contribution in [2.45, 2.75) is 6.54 Å². The molecule has 0 aliphatic carbocycles. The summed E-state index contributed by atoms with van der Waals surface area (Å²) < 4.78 is 24.6. The van der Waals surface area contributed by atoms with E-state index in [2.05, 4.69) is 15.0 Å². The zero-order valence-electron chi connectivity index (χ0n) is 10.1. The number of thiazole rings is 1. The van der Waals surface area contributed by atoms with Gasteiger partial charge in [-0.3, -0.25) is 4.72 Å². The van der Waals surface area contributed by atoms with Crippen molar-refractivity contribution in [3.63, 3.8) is 0 Å². The smallest absolute Gasteiger partial charge is 0.229 e. The van der Waals surface area contributed by atoms with Gasteiger partial charge in [0.2, 0.25) is 10.0 Å². The van der Waals surface area contributed by atoms with Gasteiger partial charge in [0.15, 0.2) is 0 Å². The normalized spacial score (nSPS) is 11.3. The van der Waals surface area contributed by atoms with Crippen LogP contribution in [0.25, 0.3) is 0 Å². The molecule has 102 valence electrons. The second-order valence-corrected chi connectivity index (χ2v) is 6.78. The molecule has 0 unspecified atom stereocenters. The van der Waals surface area contributed by atoms with Crippen LogP contribution in [0.3, 0.4) is 0 Å². The monoisotopic (exact) mass is 317 g/mol. The Morgan fingerprint density at radius 3 is 2.79 bits per heavy atom. The van der Waals surface area contributed by atoms with Gasteiger partial charge in [-0.2, -0.15) is 0 Å². The number of anilines is 2. The molecular formula is C11H12ClN3O2S2. The molecule has 1 aromatic carbocycles. The van der Waals surface area contributed by atoms with E-state index >= 15 is 0 Å². The summed E-state index contributed by atoms with van der Waals surface area (Å²) in [5, 5.41) is 5.45. The van der Waals surface area contributed by atoms with Crippen LogP contribution in [-0.4, -0.2) is 19.7 Å². The van der Waals surface area contributed by atoms with Crippen LogP contribution >= 0.6 is 22.9 Å². The number of hydrogen-bond donors (Lipinski definition) is 2. The standard InChI is InChI=1S/C11H12ClN3O2S2/c1-19(16,17)15-11-3-2-8(4-10(11)12)13-5-9-6-18-7-14-9/h2-4,6-7,13,15H,5H2,1H3. The average molecular weight is 318 g/mol. The summed E-state index contributed by atoms with van der Waals surface area (Å²) in [6.45, 7) is 0.596. The van der Waals surface area contributed by atoms with Gasteiger partial charge in [0.05, 0.1) is 34.7 Å². The number of halogens is 1. The van der Waals surface area contributed by atoms with Crippen molar-refractivity contribution < 1.29 is 8.42 Å². The van der Waals surface area contributed by atoms with Crippen LogP contribution in [0.4, 0.5) is 11.4 Å². The number of nitrogens with zero attached hydrogens (tertiary/aromatic N) is 1. The van der Waals surface area contributed by atoms with Gasteiger partial charge in [-0.1, -0.05) is 11.6 Å². The first kappa shape index (κ1) is 14.1. The summed E-state index contributed by atoms with van der Waals surface area (Å²) in [4.78, 5) is 4.15. The molecule has 2 rings (SSSR count). The molecule has 2 aromatic rings. The van der Waals surface area contributed by atoms with Gasteiger partial charge in [0.25, 0.3) is 0 Å². The molecular weight excluding hydrogens is 306 g/mol. The Hall–Kier alpha value is -1.31. The van der Waals surface area contributed by atoms with Gasteiger partial charge in [0, 0.05) is 11.1 Å². The molecule has 0 radical (unpaired) electrons. The van der Waals surface area contributed by atoms with E-state index in [0.717, 1.165) is 17.6 Å². The molecule has 5 nitrogen and oxygen atoms in total. The Labute approximate surface area is 120 Å². The van der Waals surface area contributed by atoms with Crippen LogP contribution in [0.5, 0.6) is 0 Å². The molecule has 0 spiro atoms. The summed E-state index contributed by atoms with van der Waals surface area (Å²) >= 11 is 7.55. The van der Waals surface area contributed by atoms with E-state index in [-0.39, 0.29) is 0 Å². The Kier molecular flexibility index (Phi) is 4.28. The minimum atomic E-state index is -3.32. The molecule has 0 amide bonds. The van der Waals surface area contributed by atoms with Crippen molar-refractivity contribution in [2.75, 3.05) is 16.3 Å². The first-order chi connectivity index (χ1) is 8.94. The van der Waals surface area contributed by atoms with Crippen molar-refractivity contribution >= 4 is 44.3 Å². The van der Waals surface area contributed by atoms with Crippen LogP contribution in [0.2, 0.25) is 5.02 Å².